The van der Waals surface area contributed by atoms with E-state index in [9.17, 15) is 0 Å². The predicted octanol–water partition coefficient (Wildman–Crippen LogP) is 17.8. The van der Waals surface area contributed by atoms with Gasteiger partial charge >= 0.3 is 0 Å². The third-order valence-corrected chi connectivity index (χ3v) is 14.7. The summed E-state index contributed by atoms with van der Waals surface area (Å²) in [5.74, 6) is 0. The van der Waals surface area contributed by atoms with Crippen molar-refractivity contribution in [2.24, 2.45) is 0 Å². The molecule has 1 aliphatic carbocycles. The van der Waals surface area contributed by atoms with Crippen LogP contribution in [0, 0.1) is 0 Å². The van der Waals surface area contributed by atoms with E-state index in [2.05, 4.69) is 276 Å². The van der Waals surface area contributed by atoms with Crippen LogP contribution in [0.15, 0.2) is 271 Å². The summed E-state index contributed by atoms with van der Waals surface area (Å²) in [7, 11) is 0. The zero-order valence-electron chi connectivity index (χ0n) is 38.2. The highest BCUT2D eigenvalue weighted by Gasteiger charge is 2.45. The Morgan fingerprint density at radius 3 is 1.64 bits per heavy atom. The van der Waals surface area contributed by atoms with Crippen LogP contribution in [0.3, 0.4) is 0 Å². The molecular formula is C67H44N2O. The summed E-state index contributed by atoms with van der Waals surface area (Å²) < 4.78 is 9.44. The summed E-state index contributed by atoms with van der Waals surface area (Å²) in [5, 5.41) is 4.57. The summed E-state index contributed by atoms with van der Waals surface area (Å²) in [5.41, 5.74) is 20.0. The molecule has 0 saturated carbocycles. The lowest BCUT2D eigenvalue weighted by Gasteiger charge is -2.34. The van der Waals surface area contributed by atoms with E-state index < -0.39 is 5.41 Å². The molecule has 0 radical (unpaired) electrons. The molecule has 3 heteroatoms. The zero-order chi connectivity index (χ0) is 46.2. The van der Waals surface area contributed by atoms with Crippen LogP contribution in [-0.2, 0) is 5.41 Å². The van der Waals surface area contributed by atoms with Crippen molar-refractivity contribution in [1.29, 1.82) is 0 Å². The topological polar surface area (TPSA) is 21.3 Å². The third kappa shape index (κ3) is 6.01. The number of hydrogen-bond donors (Lipinski definition) is 0. The molecule has 0 fully saturated rings. The highest BCUT2D eigenvalue weighted by Crippen LogP contribution is 2.56. The van der Waals surface area contributed by atoms with E-state index in [1.807, 2.05) is 0 Å². The quantitative estimate of drug-likeness (QED) is 0.152. The van der Waals surface area contributed by atoms with E-state index in [0.29, 0.717) is 0 Å². The Hall–Kier alpha value is -9.18. The molecule has 0 saturated heterocycles. The molecule has 70 heavy (non-hydrogen) atoms. The summed E-state index contributed by atoms with van der Waals surface area (Å²) in [6.45, 7) is 0. The Bertz CT molecular complexity index is 4050. The number of fused-ring (bicyclic) bond motifs is 9. The van der Waals surface area contributed by atoms with Gasteiger partial charge in [-0.05, 0) is 105 Å². The maximum absolute atomic E-state index is 7.05. The summed E-state index contributed by atoms with van der Waals surface area (Å²) in [6.07, 6.45) is 0. The normalized spacial score (nSPS) is 12.7. The molecule has 1 aliphatic rings. The second-order valence-electron chi connectivity index (χ2n) is 18.4. The van der Waals surface area contributed by atoms with Gasteiger partial charge in [-0.25, -0.2) is 0 Å². The number of furan rings is 1. The Morgan fingerprint density at radius 1 is 0.357 bits per heavy atom. The van der Waals surface area contributed by atoms with Crippen molar-refractivity contribution in [2.45, 2.75) is 5.41 Å². The summed E-state index contributed by atoms with van der Waals surface area (Å²) in [6, 6.07) is 97.0. The first-order valence-corrected chi connectivity index (χ1v) is 24.1. The number of aromatic nitrogens is 1. The van der Waals surface area contributed by atoms with Gasteiger partial charge < -0.3 is 13.9 Å². The van der Waals surface area contributed by atoms with Crippen molar-refractivity contribution in [1.82, 2.24) is 4.57 Å². The summed E-state index contributed by atoms with van der Waals surface area (Å²) in [4.78, 5) is 2.40. The molecular weight excluding hydrogens is 849 g/mol. The van der Waals surface area contributed by atoms with Gasteiger partial charge in [0.1, 0.15) is 11.2 Å². The molecule has 0 N–H and O–H groups in total. The Morgan fingerprint density at radius 2 is 0.900 bits per heavy atom. The van der Waals surface area contributed by atoms with Gasteiger partial charge in [-0.15, -0.1) is 0 Å². The van der Waals surface area contributed by atoms with Gasteiger partial charge in [0.2, 0.25) is 0 Å². The maximum atomic E-state index is 7.05. The molecule has 0 spiro atoms. The van der Waals surface area contributed by atoms with Crippen molar-refractivity contribution in [3.05, 3.63) is 289 Å². The molecule has 11 aromatic carbocycles. The molecule has 2 aromatic heterocycles. The standard InChI is InChI=1S/C67H44N2O/c1-4-18-45(19-5-1)46-36-40-51(41-37-46)68(52-42-43-57-56-26-12-15-31-61(56)69(63(57)44-52)50-22-8-3-9-23-50)62-32-17-33-64-65(62)58-28-16-27-53(66(58)70-64)47-34-38-49(39-35-47)67(48-20-6-2-7-21-48)59-29-13-10-24-54(59)55-25-11-14-30-60(55)67/h1-44H. The van der Waals surface area contributed by atoms with Crippen LogP contribution in [0.1, 0.15) is 22.3 Å². The first-order chi connectivity index (χ1) is 34.7. The van der Waals surface area contributed by atoms with E-state index in [4.69, 9.17) is 4.42 Å². The van der Waals surface area contributed by atoms with E-state index in [1.165, 1.54) is 60.8 Å². The van der Waals surface area contributed by atoms with Gasteiger partial charge in [-0.1, -0.05) is 212 Å². The first-order valence-electron chi connectivity index (χ1n) is 24.1. The van der Waals surface area contributed by atoms with Gasteiger partial charge in [0, 0.05) is 38.8 Å². The average molecular weight is 893 g/mol. The molecule has 0 unspecified atom stereocenters. The lowest BCUT2D eigenvalue weighted by molar-refractivity contribution is 0.670. The Labute approximate surface area is 406 Å². The largest absolute Gasteiger partial charge is 0.455 e. The Kier molecular flexibility index (Phi) is 9.11. The van der Waals surface area contributed by atoms with Gasteiger partial charge in [0.25, 0.3) is 0 Å². The van der Waals surface area contributed by atoms with Crippen molar-refractivity contribution >= 4 is 60.8 Å². The second kappa shape index (κ2) is 16.0. The van der Waals surface area contributed by atoms with Gasteiger partial charge in [-0.3, -0.25) is 0 Å². The minimum absolute atomic E-state index is 0.464. The molecule has 13 aromatic rings. The average Bonchev–Trinajstić information content (AvgIpc) is 4.09. The lowest BCUT2D eigenvalue weighted by Crippen LogP contribution is -2.28. The molecule has 0 bridgehead atoms. The zero-order valence-corrected chi connectivity index (χ0v) is 38.2. The second-order valence-corrected chi connectivity index (χ2v) is 18.4. The van der Waals surface area contributed by atoms with Crippen LogP contribution in [0.5, 0.6) is 0 Å². The number of para-hydroxylation sites is 3. The fourth-order valence-corrected chi connectivity index (χ4v) is 11.7. The van der Waals surface area contributed by atoms with Gasteiger partial charge in [0.05, 0.1) is 27.5 Å². The minimum Gasteiger partial charge on any atom is -0.455 e. The van der Waals surface area contributed by atoms with Crippen molar-refractivity contribution in [2.75, 3.05) is 4.90 Å². The van der Waals surface area contributed by atoms with E-state index in [0.717, 1.165) is 61.3 Å². The van der Waals surface area contributed by atoms with Crippen molar-refractivity contribution in [3.63, 3.8) is 0 Å². The molecule has 328 valence electrons. The van der Waals surface area contributed by atoms with Crippen LogP contribution in [0.4, 0.5) is 17.1 Å². The fraction of sp³-hybridized carbons (Fsp3) is 0.0149. The van der Waals surface area contributed by atoms with Crippen LogP contribution in [0.2, 0.25) is 0 Å². The van der Waals surface area contributed by atoms with Crippen LogP contribution < -0.4 is 4.90 Å². The molecule has 2 heterocycles. The molecule has 0 aliphatic heterocycles. The number of hydrogen-bond acceptors (Lipinski definition) is 2. The molecule has 3 nitrogen and oxygen atoms in total. The number of benzene rings is 11. The van der Waals surface area contributed by atoms with Crippen molar-refractivity contribution < 1.29 is 4.42 Å². The van der Waals surface area contributed by atoms with Crippen LogP contribution in [-0.4, -0.2) is 4.57 Å². The smallest absolute Gasteiger partial charge is 0.143 e. The predicted molar refractivity (Wildman–Crippen MR) is 291 cm³/mol. The minimum atomic E-state index is -0.464. The van der Waals surface area contributed by atoms with E-state index in [1.54, 1.807) is 0 Å². The third-order valence-electron chi connectivity index (χ3n) is 14.7. The maximum Gasteiger partial charge on any atom is 0.143 e. The highest BCUT2D eigenvalue weighted by atomic mass is 16.3. The highest BCUT2D eigenvalue weighted by molar-refractivity contribution is 6.17. The first kappa shape index (κ1) is 39.9. The summed E-state index contributed by atoms with van der Waals surface area (Å²) >= 11 is 0. The number of nitrogens with zero attached hydrogens (tertiary/aromatic N) is 2. The Balaban J connectivity index is 0.944. The van der Waals surface area contributed by atoms with Gasteiger partial charge in [0.15, 0.2) is 0 Å². The van der Waals surface area contributed by atoms with Crippen molar-refractivity contribution in [3.8, 4) is 39.1 Å². The molecule has 14 rings (SSSR count). The van der Waals surface area contributed by atoms with E-state index >= 15 is 0 Å². The van der Waals surface area contributed by atoms with Crippen LogP contribution in [0.25, 0.3) is 82.8 Å². The monoisotopic (exact) mass is 892 g/mol. The number of anilines is 3. The fourth-order valence-electron chi connectivity index (χ4n) is 11.7. The molecule has 0 amide bonds. The van der Waals surface area contributed by atoms with E-state index in [-0.39, 0.29) is 0 Å². The molecule has 0 atom stereocenters. The lowest BCUT2D eigenvalue weighted by atomic mass is 9.67. The SMILES string of the molecule is c1ccc(-c2ccc(N(c3ccc4c5ccccc5n(-c5ccccc5)c4c3)c3cccc4oc5c(-c6ccc(C7(c8ccccc8)c8ccccc8-c8ccccc87)cc6)cccc5c34)cc2)cc1. The van der Waals surface area contributed by atoms with Crippen LogP contribution >= 0.6 is 0 Å². The number of rotatable bonds is 8. The van der Waals surface area contributed by atoms with Gasteiger partial charge in [-0.2, -0.15) is 0 Å².